The number of nitrogens with one attached hydrogen (secondary N) is 2. The van der Waals surface area contributed by atoms with E-state index in [0.717, 1.165) is 5.69 Å². The van der Waals surface area contributed by atoms with Gasteiger partial charge in [0.2, 0.25) is 0 Å². The Morgan fingerprint density at radius 3 is 2.48 bits per heavy atom. The highest BCUT2D eigenvalue weighted by molar-refractivity contribution is 5.97. The number of rotatable bonds is 7. The van der Waals surface area contributed by atoms with Crippen LogP contribution in [0.2, 0.25) is 0 Å². The van der Waals surface area contributed by atoms with Crippen LogP contribution in [-0.2, 0) is 4.79 Å². The third kappa shape index (κ3) is 5.06. The van der Waals surface area contributed by atoms with Crippen LogP contribution >= 0.6 is 0 Å². The molecule has 3 rings (SSSR count). The molecule has 8 nitrogen and oxygen atoms in total. The number of aromatic nitrogens is 3. The van der Waals surface area contributed by atoms with Crippen molar-refractivity contribution in [2.45, 2.75) is 39.8 Å². The van der Waals surface area contributed by atoms with Crippen molar-refractivity contribution in [1.82, 2.24) is 20.3 Å². The standard InChI is InChI=1S/C22H24FN5O3/c1-12-10-17(6-7-18(12)21(29)25-15(4)22(30)31)28-11-20(26-27-28)14(3)24-16-5-8-19(23)13(2)9-16/h5-11,14-15,24H,1-4H3,(H,25,29)(H,30,31)/t14?,15-/m0/s1. The fraction of sp³-hybridized carbons (Fsp3) is 0.273. The van der Waals surface area contributed by atoms with Crippen molar-refractivity contribution in [3.8, 4) is 5.69 Å². The highest BCUT2D eigenvalue weighted by atomic mass is 19.1. The van der Waals surface area contributed by atoms with Gasteiger partial charge in [0.1, 0.15) is 17.6 Å². The summed E-state index contributed by atoms with van der Waals surface area (Å²) < 4.78 is 15.0. The molecule has 1 amide bonds. The van der Waals surface area contributed by atoms with Crippen molar-refractivity contribution in [3.05, 3.63) is 70.8 Å². The molecule has 1 aromatic heterocycles. The summed E-state index contributed by atoms with van der Waals surface area (Å²) in [6, 6.07) is 8.78. The molecule has 0 aliphatic rings. The Kier molecular flexibility index (Phi) is 6.33. The van der Waals surface area contributed by atoms with E-state index >= 15 is 0 Å². The van der Waals surface area contributed by atoms with Crippen LogP contribution < -0.4 is 10.6 Å². The molecule has 0 saturated heterocycles. The monoisotopic (exact) mass is 425 g/mol. The van der Waals surface area contributed by atoms with Crippen LogP contribution in [0.1, 0.15) is 47.1 Å². The van der Waals surface area contributed by atoms with E-state index in [2.05, 4.69) is 20.9 Å². The van der Waals surface area contributed by atoms with Gasteiger partial charge in [-0.05, 0) is 75.2 Å². The average molecular weight is 425 g/mol. The van der Waals surface area contributed by atoms with Gasteiger partial charge in [-0.25, -0.2) is 9.07 Å². The summed E-state index contributed by atoms with van der Waals surface area (Å²) in [4.78, 5) is 23.2. The number of nitrogens with zero attached hydrogens (tertiary/aromatic N) is 3. The molecule has 0 spiro atoms. The minimum absolute atomic E-state index is 0.165. The van der Waals surface area contributed by atoms with Crippen molar-refractivity contribution < 1.29 is 19.1 Å². The van der Waals surface area contributed by atoms with E-state index in [1.807, 2.05) is 6.92 Å². The van der Waals surface area contributed by atoms with Crippen LogP contribution in [0.4, 0.5) is 10.1 Å². The molecule has 31 heavy (non-hydrogen) atoms. The maximum absolute atomic E-state index is 13.5. The maximum Gasteiger partial charge on any atom is 0.325 e. The first-order valence-corrected chi connectivity index (χ1v) is 9.75. The third-order valence-corrected chi connectivity index (χ3v) is 4.93. The van der Waals surface area contributed by atoms with Crippen molar-refractivity contribution in [1.29, 1.82) is 0 Å². The SMILES string of the molecule is Cc1cc(NC(C)c2cn(-c3ccc(C(=O)N[C@@H](C)C(=O)O)c(C)c3)nn2)ccc1F. The first-order chi connectivity index (χ1) is 14.7. The fourth-order valence-corrected chi connectivity index (χ4v) is 3.04. The van der Waals surface area contributed by atoms with Gasteiger partial charge in [0, 0.05) is 11.3 Å². The number of amides is 1. The van der Waals surface area contributed by atoms with E-state index in [4.69, 9.17) is 5.11 Å². The quantitative estimate of drug-likeness (QED) is 0.535. The second kappa shape index (κ2) is 8.95. The number of benzene rings is 2. The van der Waals surface area contributed by atoms with Gasteiger partial charge in [0.25, 0.3) is 5.91 Å². The Labute approximate surface area is 179 Å². The van der Waals surface area contributed by atoms with Gasteiger partial charge >= 0.3 is 5.97 Å². The number of carbonyl (C=O) groups excluding carboxylic acids is 1. The normalized spacial score (nSPS) is 12.8. The summed E-state index contributed by atoms with van der Waals surface area (Å²) in [6.45, 7) is 6.80. The zero-order valence-corrected chi connectivity index (χ0v) is 17.7. The highest BCUT2D eigenvalue weighted by Crippen LogP contribution is 2.21. The van der Waals surface area contributed by atoms with Crippen LogP contribution in [0.5, 0.6) is 0 Å². The molecule has 3 N–H and O–H groups in total. The molecule has 0 radical (unpaired) electrons. The van der Waals surface area contributed by atoms with Crippen LogP contribution in [0.25, 0.3) is 5.69 Å². The van der Waals surface area contributed by atoms with E-state index < -0.39 is 17.9 Å². The Hall–Kier alpha value is -3.75. The lowest BCUT2D eigenvalue weighted by Gasteiger charge is -2.13. The largest absolute Gasteiger partial charge is 0.480 e. The molecular weight excluding hydrogens is 401 g/mol. The molecule has 0 saturated carbocycles. The molecule has 9 heteroatoms. The van der Waals surface area contributed by atoms with E-state index in [1.54, 1.807) is 55.1 Å². The van der Waals surface area contributed by atoms with E-state index in [-0.39, 0.29) is 11.9 Å². The number of aliphatic carboxylic acids is 1. The lowest BCUT2D eigenvalue weighted by atomic mass is 10.1. The van der Waals surface area contributed by atoms with Gasteiger partial charge in [0.15, 0.2) is 0 Å². The summed E-state index contributed by atoms with van der Waals surface area (Å²) in [5.41, 5.74) is 3.80. The number of aryl methyl sites for hydroxylation is 2. The van der Waals surface area contributed by atoms with Gasteiger partial charge in [-0.2, -0.15) is 0 Å². The van der Waals surface area contributed by atoms with Crippen molar-refractivity contribution in [2.75, 3.05) is 5.32 Å². The molecule has 0 fully saturated rings. The average Bonchev–Trinajstić information content (AvgIpc) is 3.21. The summed E-state index contributed by atoms with van der Waals surface area (Å²) in [5.74, 6) is -1.81. The number of anilines is 1. The third-order valence-electron chi connectivity index (χ3n) is 4.93. The lowest BCUT2D eigenvalue weighted by molar-refractivity contribution is -0.138. The first kappa shape index (κ1) is 21.9. The van der Waals surface area contributed by atoms with Gasteiger partial charge in [0.05, 0.1) is 17.9 Å². The summed E-state index contributed by atoms with van der Waals surface area (Å²) in [5, 5.41) is 23.0. The van der Waals surface area contributed by atoms with Gasteiger partial charge in [-0.3, -0.25) is 9.59 Å². The van der Waals surface area contributed by atoms with E-state index in [1.165, 1.54) is 13.0 Å². The summed E-state index contributed by atoms with van der Waals surface area (Å²) >= 11 is 0. The minimum atomic E-state index is -1.10. The first-order valence-electron chi connectivity index (χ1n) is 9.75. The fourth-order valence-electron chi connectivity index (χ4n) is 3.04. The molecule has 0 bridgehead atoms. The lowest BCUT2D eigenvalue weighted by Crippen LogP contribution is -2.38. The van der Waals surface area contributed by atoms with E-state index in [0.29, 0.717) is 28.1 Å². The zero-order chi connectivity index (χ0) is 22.7. The van der Waals surface area contributed by atoms with Crippen molar-refractivity contribution in [2.24, 2.45) is 0 Å². The number of halogens is 1. The van der Waals surface area contributed by atoms with Gasteiger partial charge in [-0.1, -0.05) is 5.21 Å². The van der Waals surface area contributed by atoms with Crippen LogP contribution in [-0.4, -0.2) is 38.0 Å². The summed E-state index contributed by atoms with van der Waals surface area (Å²) in [7, 11) is 0. The summed E-state index contributed by atoms with van der Waals surface area (Å²) in [6.07, 6.45) is 1.77. The molecule has 3 aromatic rings. The molecule has 162 valence electrons. The Balaban J connectivity index is 1.74. The molecule has 0 aliphatic heterocycles. The molecular formula is C22H24FN5O3. The number of hydrogen-bond acceptors (Lipinski definition) is 5. The molecule has 0 aliphatic carbocycles. The Morgan fingerprint density at radius 1 is 1.10 bits per heavy atom. The molecule has 2 atom stereocenters. The number of carbonyl (C=O) groups is 2. The van der Waals surface area contributed by atoms with Crippen LogP contribution in [0, 0.1) is 19.7 Å². The number of hydrogen-bond donors (Lipinski definition) is 3. The maximum atomic E-state index is 13.5. The van der Waals surface area contributed by atoms with Crippen molar-refractivity contribution >= 4 is 17.6 Å². The predicted octanol–water partition coefficient (Wildman–Crippen LogP) is 3.40. The Bertz CT molecular complexity index is 1130. The minimum Gasteiger partial charge on any atom is -0.480 e. The van der Waals surface area contributed by atoms with Gasteiger partial charge in [-0.15, -0.1) is 5.10 Å². The predicted molar refractivity (Wildman–Crippen MR) is 114 cm³/mol. The molecule has 2 aromatic carbocycles. The second-order valence-electron chi connectivity index (χ2n) is 7.45. The highest BCUT2D eigenvalue weighted by Gasteiger charge is 2.17. The van der Waals surface area contributed by atoms with Crippen LogP contribution in [0.15, 0.2) is 42.6 Å². The number of carboxylic acids is 1. The van der Waals surface area contributed by atoms with Crippen LogP contribution in [0.3, 0.4) is 0 Å². The zero-order valence-electron chi connectivity index (χ0n) is 17.7. The van der Waals surface area contributed by atoms with E-state index in [9.17, 15) is 14.0 Å². The second-order valence-corrected chi connectivity index (χ2v) is 7.45. The smallest absolute Gasteiger partial charge is 0.325 e. The Morgan fingerprint density at radius 2 is 1.84 bits per heavy atom. The molecule has 1 heterocycles. The van der Waals surface area contributed by atoms with Crippen molar-refractivity contribution in [3.63, 3.8) is 0 Å². The number of carboxylic acid groups (broad SMARTS) is 1. The topological polar surface area (TPSA) is 109 Å². The molecule has 1 unspecified atom stereocenters. The van der Waals surface area contributed by atoms with Gasteiger partial charge < -0.3 is 15.7 Å².